The number of carbonyl (C=O) groups is 1. The lowest BCUT2D eigenvalue weighted by Crippen LogP contribution is -2.29. The average molecular weight is 306 g/mol. The van der Waals surface area contributed by atoms with Crippen LogP contribution >= 0.6 is 12.2 Å². The third-order valence-corrected chi connectivity index (χ3v) is 3.95. The second-order valence-electron chi connectivity index (χ2n) is 5.45. The van der Waals surface area contributed by atoms with E-state index in [4.69, 9.17) is 22.7 Å². The predicted octanol–water partition coefficient (Wildman–Crippen LogP) is 2.15. The van der Waals surface area contributed by atoms with Gasteiger partial charge in [0.2, 0.25) is 5.91 Å². The van der Waals surface area contributed by atoms with Gasteiger partial charge < -0.3 is 15.4 Å². The molecule has 1 aliphatic rings. The van der Waals surface area contributed by atoms with Crippen molar-refractivity contribution in [1.29, 1.82) is 0 Å². The van der Waals surface area contributed by atoms with Gasteiger partial charge in [-0.25, -0.2) is 0 Å². The van der Waals surface area contributed by atoms with Gasteiger partial charge in [0.05, 0.1) is 11.5 Å². The fraction of sp³-hybridized carbons (Fsp3) is 0.500. The number of nitrogens with zero attached hydrogens (tertiary/aromatic N) is 1. The van der Waals surface area contributed by atoms with E-state index in [1.165, 1.54) is 0 Å². The Hall–Kier alpha value is -1.62. The summed E-state index contributed by atoms with van der Waals surface area (Å²) < 4.78 is 5.69. The fourth-order valence-corrected chi connectivity index (χ4v) is 2.69. The second-order valence-corrected chi connectivity index (χ2v) is 5.98. The third-order valence-electron chi connectivity index (χ3n) is 3.80. The third kappa shape index (κ3) is 4.70. The molecule has 1 aromatic rings. The van der Waals surface area contributed by atoms with Crippen LogP contribution in [-0.4, -0.2) is 35.5 Å². The number of hydrogen-bond donors (Lipinski definition) is 1. The van der Waals surface area contributed by atoms with Crippen molar-refractivity contribution in [2.24, 2.45) is 11.7 Å². The zero-order valence-electron chi connectivity index (χ0n) is 12.4. The predicted molar refractivity (Wildman–Crippen MR) is 87.4 cm³/mol. The molecular formula is C16H22N2O2S. The number of thiocarbonyl (C=S) groups is 1. The molecule has 4 nitrogen and oxygen atoms in total. The van der Waals surface area contributed by atoms with E-state index in [2.05, 4.69) is 6.92 Å². The summed E-state index contributed by atoms with van der Waals surface area (Å²) in [5.41, 5.74) is 6.59. The van der Waals surface area contributed by atoms with Gasteiger partial charge in [-0.1, -0.05) is 37.7 Å². The molecule has 114 valence electrons. The maximum absolute atomic E-state index is 11.8. The van der Waals surface area contributed by atoms with E-state index in [9.17, 15) is 4.79 Å². The molecule has 0 aliphatic carbocycles. The Labute approximate surface area is 131 Å². The molecule has 0 saturated carbocycles. The maximum atomic E-state index is 11.8. The largest absolute Gasteiger partial charge is 0.492 e. The molecule has 0 aromatic heterocycles. The normalized spacial score (nSPS) is 18.0. The van der Waals surface area contributed by atoms with E-state index < -0.39 is 0 Å². The van der Waals surface area contributed by atoms with E-state index in [-0.39, 0.29) is 5.91 Å². The standard InChI is InChI=1S/C16H22N2O2S/c1-2-12-10-16(19)18(11-12)7-8-20-14-5-3-13(4-6-14)9-15(17)21/h3-6,12H,2,7-11H2,1H3,(H2,17,21). The van der Waals surface area contributed by atoms with Crippen molar-refractivity contribution < 1.29 is 9.53 Å². The topological polar surface area (TPSA) is 55.6 Å². The lowest BCUT2D eigenvalue weighted by atomic mass is 10.1. The summed E-state index contributed by atoms with van der Waals surface area (Å²) in [6.45, 7) is 4.18. The molecule has 0 spiro atoms. The summed E-state index contributed by atoms with van der Waals surface area (Å²) in [6, 6.07) is 7.74. The van der Waals surface area contributed by atoms with Crippen molar-refractivity contribution in [3.63, 3.8) is 0 Å². The Morgan fingerprint density at radius 2 is 2.14 bits per heavy atom. The van der Waals surface area contributed by atoms with E-state index in [1.54, 1.807) is 0 Å². The van der Waals surface area contributed by atoms with Crippen molar-refractivity contribution in [2.75, 3.05) is 19.7 Å². The van der Waals surface area contributed by atoms with Gasteiger partial charge >= 0.3 is 0 Å². The van der Waals surface area contributed by atoms with Crippen LogP contribution in [0, 0.1) is 5.92 Å². The smallest absolute Gasteiger partial charge is 0.223 e. The molecule has 2 N–H and O–H groups in total. The lowest BCUT2D eigenvalue weighted by molar-refractivity contribution is -0.128. The Morgan fingerprint density at radius 3 is 2.71 bits per heavy atom. The van der Waals surface area contributed by atoms with E-state index in [0.29, 0.717) is 36.9 Å². The molecule has 1 fully saturated rings. The number of nitrogens with two attached hydrogens (primary N) is 1. The monoisotopic (exact) mass is 306 g/mol. The zero-order valence-corrected chi connectivity index (χ0v) is 13.2. The number of hydrogen-bond acceptors (Lipinski definition) is 3. The van der Waals surface area contributed by atoms with Crippen LogP contribution in [0.25, 0.3) is 0 Å². The van der Waals surface area contributed by atoms with E-state index >= 15 is 0 Å². The van der Waals surface area contributed by atoms with E-state index in [1.807, 2.05) is 29.2 Å². The Balaban J connectivity index is 1.76. The van der Waals surface area contributed by atoms with Crippen molar-refractivity contribution in [3.05, 3.63) is 29.8 Å². The minimum absolute atomic E-state index is 0.247. The van der Waals surface area contributed by atoms with Crippen LogP contribution in [0.2, 0.25) is 0 Å². The van der Waals surface area contributed by atoms with Crippen LogP contribution in [0.4, 0.5) is 0 Å². The fourth-order valence-electron chi connectivity index (χ4n) is 2.52. The summed E-state index contributed by atoms with van der Waals surface area (Å²) in [4.78, 5) is 14.2. The Morgan fingerprint density at radius 1 is 1.43 bits per heavy atom. The number of benzene rings is 1. The van der Waals surface area contributed by atoms with Gasteiger partial charge in [-0.15, -0.1) is 0 Å². The highest BCUT2D eigenvalue weighted by Gasteiger charge is 2.27. The van der Waals surface area contributed by atoms with Crippen molar-refractivity contribution in [1.82, 2.24) is 4.90 Å². The van der Waals surface area contributed by atoms with Crippen LogP contribution in [0.3, 0.4) is 0 Å². The molecule has 1 aliphatic heterocycles. The SMILES string of the molecule is CCC1CC(=O)N(CCOc2ccc(CC(N)=S)cc2)C1. The number of likely N-dealkylation sites (tertiary alicyclic amines) is 1. The molecule has 1 atom stereocenters. The first kappa shape index (κ1) is 15.8. The first-order valence-electron chi connectivity index (χ1n) is 7.36. The summed E-state index contributed by atoms with van der Waals surface area (Å²) >= 11 is 4.88. The van der Waals surface area contributed by atoms with Gasteiger partial charge in [0, 0.05) is 19.4 Å². The zero-order chi connectivity index (χ0) is 15.2. The van der Waals surface area contributed by atoms with Gasteiger partial charge in [0.15, 0.2) is 0 Å². The average Bonchev–Trinajstić information content (AvgIpc) is 2.81. The van der Waals surface area contributed by atoms with Crippen LogP contribution < -0.4 is 10.5 Å². The molecule has 0 radical (unpaired) electrons. The molecule has 21 heavy (non-hydrogen) atoms. The minimum Gasteiger partial charge on any atom is -0.492 e. The summed E-state index contributed by atoms with van der Waals surface area (Å²) in [6.07, 6.45) is 2.36. The van der Waals surface area contributed by atoms with Gasteiger partial charge in [-0.3, -0.25) is 4.79 Å². The number of rotatable bonds is 7. The minimum atomic E-state index is 0.247. The van der Waals surface area contributed by atoms with Gasteiger partial charge in [-0.2, -0.15) is 0 Å². The first-order valence-corrected chi connectivity index (χ1v) is 7.77. The molecule has 5 heteroatoms. The molecule has 0 bridgehead atoms. The number of amides is 1. The highest BCUT2D eigenvalue weighted by Crippen LogP contribution is 2.20. The van der Waals surface area contributed by atoms with Crippen LogP contribution in [0.15, 0.2) is 24.3 Å². The Kier molecular flexibility index (Phi) is 5.56. The van der Waals surface area contributed by atoms with Crippen LogP contribution in [-0.2, 0) is 11.2 Å². The molecule has 1 unspecified atom stereocenters. The number of carbonyl (C=O) groups excluding carboxylic acids is 1. The maximum Gasteiger partial charge on any atom is 0.223 e. The quantitative estimate of drug-likeness (QED) is 0.784. The Bertz CT molecular complexity index is 502. The lowest BCUT2D eigenvalue weighted by Gasteiger charge is -2.16. The van der Waals surface area contributed by atoms with Crippen LogP contribution in [0.1, 0.15) is 25.3 Å². The highest BCUT2D eigenvalue weighted by atomic mass is 32.1. The second kappa shape index (κ2) is 7.41. The molecule has 1 saturated heterocycles. The summed E-state index contributed by atoms with van der Waals surface area (Å²) in [5.74, 6) is 1.56. The van der Waals surface area contributed by atoms with Gasteiger partial charge in [0.25, 0.3) is 0 Å². The summed E-state index contributed by atoms with van der Waals surface area (Å²) in [7, 11) is 0. The van der Waals surface area contributed by atoms with Crippen LogP contribution in [0.5, 0.6) is 5.75 Å². The molecular weight excluding hydrogens is 284 g/mol. The molecule has 1 heterocycles. The van der Waals surface area contributed by atoms with E-state index in [0.717, 1.165) is 24.3 Å². The molecule has 1 amide bonds. The van der Waals surface area contributed by atoms with Gasteiger partial charge in [-0.05, 0) is 23.6 Å². The number of ether oxygens (including phenoxy) is 1. The highest BCUT2D eigenvalue weighted by molar-refractivity contribution is 7.80. The molecule has 1 aromatic carbocycles. The van der Waals surface area contributed by atoms with Crippen molar-refractivity contribution >= 4 is 23.1 Å². The first-order chi connectivity index (χ1) is 10.1. The summed E-state index contributed by atoms with van der Waals surface area (Å²) in [5, 5.41) is 0. The van der Waals surface area contributed by atoms with Crippen molar-refractivity contribution in [3.8, 4) is 5.75 Å². The molecule has 2 rings (SSSR count). The van der Waals surface area contributed by atoms with Crippen molar-refractivity contribution in [2.45, 2.75) is 26.2 Å². The van der Waals surface area contributed by atoms with Gasteiger partial charge in [0.1, 0.15) is 12.4 Å².